The van der Waals surface area contributed by atoms with Crippen molar-refractivity contribution >= 4 is 52.1 Å². The zero-order chi connectivity index (χ0) is 15.4. The second kappa shape index (κ2) is 7.02. The topological polar surface area (TPSA) is 51.8 Å². The number of azo groups is 1. The van der Waals surface area contributed by atoms with E-state index >= 15 is 0 Å². The molecule has 1 aromatic heterocycles. The first-order valence-electron chi connectivity index (χ1n) is 6.16. The zero-order valence-electron chi connectivity index (χ0n) is 11.4. The summed E-state index contributed by atoms with van der Waals surface area (Å²) in [4.78, 5) is 0. The predicted octanol–water partition coefficient (Wildman–Crippen LogP) is 4.72. The van der Waals surface area contributed by atoms with E-state index in [0.29, 0.717) is 34.6 Å². The number of halogens is 1. The first-order chi connectivity index (χ1) is 10.0. The Morgan fingerprint density at radius 3 is 2.62 bits per heavy atom. The Bertz CT molecular complexity index is 682. The summed E-state index contributed by atoms with van der Waals surface area (Å²) in [6.45, 7) is 4.14. The third kappa shape index (κ3) is 3.81. The molecule has 0 saturated carbocycles. The van der Waals surface area contributed by atoms with Gasteiger partial charge in [0.15, 0.2) is 10.0 Å². The molecule has 110 valence electrons. The van der Waals surface area contributed by atoms with E-state index in [9.17, 15) is 0 Å². The van der Waals surface area contributed by atoms with Gasteiger partial charge in [0, 0.05) is 5.02 Å². The van der Waals surface area contributed by atoms with Gasteiger partial charge in [-0.2, -0.15) is 14.9 Å². The van der Waals surface area contributed by atoms with Crippen molar-refractivity contribution in [2.24, 2.45) is 10.2 Å². The lowest BCUT2D eigenvalue weighted by molar-refractivity contribution is 0.321. The number of aromatic nitrogens is 2. The largest absolute Gasteiger partial charge is 0.476 e. The van der Waals surface area contributed by atoms with Crippen LogP contribution in [0.4, 0.5) is 11.4 Å². The number of hydrogen-bond donors (Lipinski definition) is 1. The molecule has 0 N–H and O–H groups in total. The Balaban J connectivity index is 2.38. The molecule has 0 atom stereocenters. The summed E-state index contributed by atoms with van der Waals surface area (Å²) < 4.78 is 7.26. The van der Waals surface area contributed by atoms with Crippen LogP contribution >= 0.6 is 36.4 Å². The quantitative estimate of drug-likeness (QED) is 0.497. The summed E-state index contributed by atoms with van der Waals surface area (Å²) >= 11 is 15.0. The van der Waals surface area contributed by atoms with Crippen molar-refractivity contribution in [2.75, 3.05) is 6.61 Å². The van der Waals surface area contributed by atoms with Crippen LogP contribution in [-0.2, 0) is 0 Å². The van der Waals surface area contributed by atoms with Gasteiger partial charge >= 0.3 is 0 Å². The van der Waals surface area contributed by atoms with Gasteiger partial charge in [0.25, 0.3) is 0 Å². The minimum Gasteiger partial charge on any atom is -0.476 e. The minimum atomic E-state index is 0.287. The highest BCUT2D eigenvalue weighted by Gasteiger charge is 2.18. The number of aryl methyl sites for hydroxylation is 1. The molecule has 2 aromatic rings. The molecule has 2 rings (SSSR count). The van der Waals surface area contributed by atoms with Crippen LogP contribution in [0.15, 0.2) is 34.5 Å². The highest BCUT2D eigenvalue weighted by atomic mass is 35.5. The van der Waals surface area contributed by atoms with Crippen LogP contribution in [0.5, 0.6) is 5.88 Å². The summed E-state index contributed by atoms with van der Waals surface area (Å²) in [6.07, 6.45) is 0. The Labute approximate surface area is 138 Å². The van der Waals surface area contributed by atoms with Crippen LogP contribution in [-0.4, -0.2) is 20.7 Å². The highest BCUT2D eigenvalue weighted by Crippen LogP contribution is 2.33. The van der Waals surface area contributed by atoms with Gasteiger partial charge in [-0.3, -0.25) is 0 Å². The third-order valence-electron chi connectivity index (χ3n) is 2.54. The zero-order valence-corrected chi connectivity index (χ0v) is 13.9. The summed E-state index contributed by atoms with van der Waals surface area (Å²) in [5, 5.41) is 13.3. The molecule has 21 heavy (non-hydrogen) atoms. The molecule has 0 amide bonds. The summed E-state index contributed by atoms with van der Waals surface area (Å²) in [6, 6.07) is 7.04. The fraction of sp³-hybridized carbons (Fsp3) is 0.231. The van der Waals surface area contributed by atoms with Crippen molar-refractivity contribution in [1.29, 1.82) is 0 Å². The molecule has 1 heterocycles. The van der Waals surface area contributed by atoms with Gasteiger partial charge in [0.1, 0.15) is 0 Å². The molecule has 0 radical (unpaired) electrons. The highest BCUT2D eigenvalue weighted by molar-refractivity contribution is 8.11. The smallest absolute Gasteiger partial charge is 0.246 e. The van der Waals surface area contributed by atoms with Crippen LogP contribution in [0, 0.1) is 6.92 Å². The summed E-state index contributed by atoms with van der Waals surface area (Å²) in [5.74, 6) is 0.438. The molecule has 0 aliphatic rings. The minimum absolute atomic E-state index is 0.287. The first-order valence-corrected chi connectivity index (χ1v) is 7.39. The summed E-state index contributed by atoms with van der Waals surface area (Å²) in [7, 11) is 0. The van der Waals surface area contributed by atoms with Crippen LogP contribution in [0.3, 0.4) is 0 Å². The van der Waals surface area contributed by atoms with Crippen molar-refractivity contribution in [1.82, 2.24) is 9.78 Å². The van der Waals surface area contributed by atoms with E-state index in [4.69, 9.17) is 28.6 Å². The molecule has 0 aliphatic heterocycles. The molecule has 0 saturated heterocycles. The molecule has 8 heteroatoms. The van der Waals surface area contributed by atoms with E-state index in [2.05, 4.69) is 28.0 Å². The maximum absolute atomic E-state index is 5.83. The molecule has 0 bridgehead atoms. The number of nitrogens with zero attached hydrogens (tertiary/aromatic N) is 4. The Morgan fingerprint density at radius 2 is 2.05 bits per heavy atom. The Kier molecular flexibility index (Phi) is 5.33. The van der Waals surface area contributed by atoms with E-state index in [1.165, 1.54) is 4.68 Å². The summed E-state index contributed by atoms with van der Waals surface area (Å²) in [5.41, 5.74) is 1.87. The molecule has 5 nitrogen and oxygen atoms in total. The second-order valence-electron chi connectivity index (χ2n) is 4.04. The number of thiol groups is 1. The van der Waals surface area contributed by atoms with Gasteiger partial charge < -0.3 is 4.74 Å². The normalized spacial score (nSPS) is 11.0. The molecular weight excluding hydrogens is 328 g/mol. The van der Waals surface area contributed by atoms with Crippen molar-refractivity contribution in [2.45, 2.75) is 13.8 Å². The van der Waals surface area contributed by atoms with Gasteiger partial charge in [-0.15, -0.1) is 17.7 Å². The number of benzene rings is 1. The molecule has 0 fully saturated rings. The second-order valence-corrected chi connectivity index (χ2v) is 5.59. The fourth-order valence-corrected chi connectivity index (χ4v) is 2.01. The molecule has 0 aliphatic carbocycles. The number of thiocarbonyl (C=S) groups is 1. The maximum Gasteiger partial charge on any atom is 0.246 e. The average Bonchev–Trinajstić information content (AvgIpc) is 2.76. The van der Waals surface area contributed by atoms with Crippen LogP contribution in [0.25, 0.3) is 0 Å². The van der Waals surface area contributed by atoms with Crippen LogP contribution in [0.1, 0.15) is 12.6 Å². The van der Waals surface area contributed by atoms with Crippen molar-refractivity contribution in [3.63, 3.8) is 0 Å². The lowest BCUT2D eigenvalue weighted by Crippen LogP contribution is -2.07. The van der Waals surface area contributed by atoms with E-state index in [-0.39, 0.29) is 4.32 Å². The fourth-order valence-electron chi connectivity index (χ4n) is 1.62. The van der Waals surface area contributed by atoms with E-state index in [1.54, 1.807) is 31.2 Å². The first kappa shape index (κ1) is 15.9. The Hall–Kier alpha value is -1.44. The van der Waals surface area contributed by atoms with Gasteiger partial charge in [0.05, 0.1) is 18.0 Å². The number of hydrogen-bond acceptors (Lipinski definition) is 5. The maximum atomic E-state index is 5.83. The number of ether oxygens (including phenoxy) is 1. The SMILES string of the molecule is CCOc1c(N=Nc2ccc(Cl)cc2)c(C)nn1C(=S)S. The van der Waals surface area contributed by atoms with E-state index in [1.807, 2.05) is 6.92 Å². The van der Waals surface area contributed by atoms with Gasteiger partial charge in [-0.1, -0.05) is 23.8 Å². The monoisotopic (exact) mass is 340 g/mol. The van der Waals surface area contributed by atoms with Gasteiger partial charge in [-0.05, 0) is 38.1 Å². The molecular formula is C13H13ClN4OS2. The molecule has 0 unspecified atom stereocenters. The lowest BCUT2D eigenvalue weighted by atomic mass is 10.3. The Morgan fingerprint density at radius 1 is 1.38 bits per heavy atom. The third-order valence-corrected chi connectivity index (χ3v) is 3.16. The van der Waals surface area contributed by atoms with Crippen molar-refractivity contribution in [3.05, 3.63) is 35.0 Å². The van der Waals surface area contributed by atoms with Crippen LogP contribution in [0.2, 0.25) is 5.02 Å². The van der Waals surface area contributed by atoms with Crippen molar-refractivity contribution < 1.29 is 4.74 Å². The van der Waals surface area contributed by atoms with Crippen molar-refractivity contribution in [3.8, 4) is 5.88 Å². The standard InChI is InChI=1S/C13H13ClN4OS2/c1-3-19-12-11(8(2)17-18(12)13(20)21)16-15-10-6-4-9(14)5-7-10/h4-7H,3H2,1-2H3,(H,20,21). The molecule has 1 aromatic carbocycles. The van der Waals surface area contributed by atoms with E-state index in [0.717, 1.165) is 0 Å². The van der Waals surface area contributed by atoms with Crippen LogP contribution < -0.4 is 4.74 Å². The van der Waals surface area contributed by atoms with Gasteiger partial charge in [0.2, 0.25) is 5.88 Å². The predicted molar refractivity (Wildman–Crippen MR) is 90.7 cm³/mol. The number of rotatable bonds is 4. The van der Waals surface area contributed by atoms with Gasteiger partial charge in [-0.25, -0.2) is 0 Å². The van der Waals surface area contributed by atoms with E-state index < -0.39 is 0 Å². The lowest BCUT2D eigenvalue weighted by Gasteiger charge is -2.05. The average molecular weight is 341 g/mol. The molecule has 0 spiro atoms.